The van der Waals surface area contributed by atoms with Crippen LogP contribution in [0.3, 0.4) is 0 Å². The van der Waals surface area contributed by atoms with Gasteiger partial charge < -0.3 is 15.0 Å². The van der Waals surface area contributed by atoms with Crippen molar-refractivity contribution in [1.29, 1.82) is 0 Å². The molecule has 120 valence electrons. The Morgan fingerprint density at radius 1 is 1.27 bits per heavy atom. The van der Waals surface area contributed by atoms with Crippen LogP contribution in [0, 0.1) is 0 Å². The molecule has 0 spiro atoms. The number of nitrogens with one attached hydrogen (secondary N) is 1. The zero-order valence-corrected chi connectivity index (χ0v) is 11.8. The van der Waals surface area contributed by atoms with Gasteiger partial charge in [0.1, 0.15) is 6.61 Å². The molecule has 0 radical (unpaired) electrons. The van der Waals surface area contributed by atoms with Crippen molar-refractivity contribution in [3.8, 4) is 0 Å². The van der Waals surface area contributed by atoms with E-state index < -0.39 is 18.9 Å². The molecule has 2 rings (SSSR count). The highest BCUT2D eigenvalue weighted by Gasteiger charge is 2.36. The third-order valence-corrected chi connectivity index (χ3v) is 3.07. The van der Waals surface area contributed by atoms with Crippen LogP contribution in [-0.4, -0.2) is 48.7 Å². The van der Waals surface area contributed by atoms with E-state index in [1.807, 2.05) is 0 Å². The van der Waals surface area contributed by atoms with Gasteiger partial charge in [-0.05, 0) is 24.3 Å². The van der Waals surface area contributed by atoms with E-state index in [-0.39, 0.29) is 24.9 Å². The fourth-order valence-corrected chi connectivity index (χ4v) is 2.00. The van der Waals surface area contributed by atoms with E-state index in [0.717, 1.165) is 0 Å². The average Bonchev–Trinajstić information content (AvgIpc) is 2.35. The van der Waals surface area contributed by atoms with Gasteiger partial charge in [-0.25, -0.2) is 0 Å². The number of hydrogen-bond acceptors (Lipinski definition) is 3. The molecule has 1 aliphatic heterocycles. The van der Waals surface area contributed by atoms with Crippen LogP contribution < -0.4 is 5.32 Å². The summed E-state index contributed by atoms with van der Waals surface area (Å²) in [6.45, 7) is 0.357. The number of benzene rings is 1. The molecule has 0 saturated carbocycles. The lowest BCUT2D eigenvalue weighted by Crippen LogP contribution is -2.55. The number of hydrogen-bond donors (Lipinski definition) is 1. The van der Waals surface area contributed by atoms with E-state index in [2.05, 4.69) is 10.1 Å². The Bertz CT molecular complexity index is 551. The number of ether oxygens (including phenoxy) is 1. The second kappa shape index (κ2) is 6.35. The number of anilines is 1. The van der Waals surface area contributed by atoms with Gasteiger partial charge in [-0.3, -0.25) is 9.59 Å². The number of likely N-dealkylation sites (tertiary alicyclic amines) is 1. The van der Waals surface area contributed by atoms with Crippen molar-refractivity contribution < 1.29 is 27.5 Å². The van der Waals surface area contributed by atoms with Crippen LogP contribution in [0.4, 0.5) is 18.9 Å². The summed E-state index contributed by atoms with van der Waals surface area (Å²) in [4.78, 5) is 24.4. The van der Waals surface area contributed by atoms with E-state index in [9.17, 15) is 22.8 Å². The Hall–Kier alpha value is -2.09. The lowest BCUT2D eigenvalue weighted by Gasteiger charge is -2.39. The predicted octanol–water partition coefficient (Wildman–Crippen LogP) is 2.05. The van der Waals surface area contributed by atoms with Gasteiger partial charge in [-0.2, -0.15) is 13.2 Å². The maximum Gasteiger partial charge on any atom is 0.411 e. The smallest absolute Gasteiger partial charge is 0.365 e. The molecule has 8 heteroatoms. The average molecular weight is 316 g/mol. The van der Waals surface area contributed by atoms with Gasteiger partial charge in [0.2, 0.25) is 5.91 Å². The zero-order chi connectivity index (χ0) is 16.3. The van der Waals surface area contributed by atoms with Crippen LogP contribution in [0.2, 0.25) is 0 Å². The molecule has 22 heavy (non-hydrogen) atoms. The molecular formula is C14H15F3N2O3. The molecule has 2 amide bonds. The third-order valence-electron chi connectivity index (χ3n) is 3.07. The van der Waals surface area contributed by atoms with Gasteiger partial charge in [0.05, 0.1) is 6.10 Å². The van der Waals surface area contributed by atoms with Gasteiger partial charge in [-0.15, -0.1) is 0 Å². The summed E-state index contributed by atoms with van der Waals surface area (Å²) in [5.41, 5.74) is 0.974. The van der Waals surface area contributed by atoms with Gasteiger partial charge in [0.15, 0.2) is 0 Å². The Balaban J connectivity index is 1.82. The first-order valence-electron chi connectivity index (χ1n) is 6.60. The summed E-state index contributed by atoms with van der Waals surface area (Å²) in [6.07, 6.45) is -4.94. The second-order valence-corrected chi connectivity index (χ2v) is 5.02. The maximum absolute atomic E-state index is 12.1. The predicted molar refractivity (Wildman–Crippen MR) is 72.4 cm³/mol. The molecular weight excluding hydrogens is 301 g/mol. The van der Waals surface area contributed by atoms with Crippen LogP contribution in [0.25, 0.3) is 0 Å². The monoisotopic (exact) mass is 316 g/mol. The van der Waals surface area contributed by atoms with E-state index in [1.54, 1.807) is 24.3 Å². The molecule has 1 aromatic carbocycles. The molecule has 1 aromatic rings. The highest BCUT2D eigenvalue weighted by Crippen LogP contribution is 2.21. The van der Waals surface area contributed by atoms with Crippen molar-refractivity contribution in [1.82, 2.24) is 4.90 Å². The van der Waals surface area contributed by atoms with Crippen molar-refractivity contribution in [2.45, 2.75) is 19.2 Å². The van der Waals surface area contributed by atoms with Crippen molar-refractivity contribution in [3.63, 3.8) is 0 Å². The molecule has 0 aliphatic carbocycles. The van der Waals surface area contributed by atoms with E-state index >= 15 is 0 Å². The number of halogens is 3. The van der Waals surface area contributed by atoms with Crippen molar-refractivity contribution >= 4 is 17.5 Å². The normalized spacial score (nSPS) is 15.4. The summed E-state index contributed by atoms with van der Waals surface area (Å²) in [5, 5.41) is 2.58. The molecule has 5 nitrogen and oxygen atoms in total. The molecule has 1 fully saturated rings. The van der Waals surface area contributed by atoms with Gasteiger partial charge in [-0.1, -0.05) is 0 Å². The minimum absolute atomic E-state index is 0.141. The van der Waals surface area contributed by atoms with Crippen molar-refractivity contribution in [2.24, 2.45) is 0 Å². The van der Waals surface area contributed by atoms with Crippen molar-refractivity contribution in [3.05, 3.63) is 29.8 Å². The first kappa shape index (κ1) is 16.3. The molecule has 1 saturated heterocycles. The summed E-state index contributed by atoms with van der Waals surface area (Å²) in [7, 11) is 0. The standard InChI is InChI=1S/C14H15F3N2O3/c1-9(20)18-11-4-2-10(3-5-11)13(21)19-6-12(7-19)22-8-14(15,16)17/h2-5,12H,6-8H2,1H3,(H,18,20). The van der Waals surface area contributed by atoms with Gasteiger partial charge in [0.25, 0.3) is 5.91 Å². The van der Waals surface area contributed by atoms with Crippen LogP contribution in [-0.2, 0) is 9.53 Å². The largest absolute Gasteiger partial charge is 0.411 e. The zero-order valence-electron chi connectivity index (χ0n) is 11.8. The number of alkyl halides is 3. The minimum atomic E-state index is -4.36. The van der Waals surface area contributed by atoms with Crippen LogP contribution in [0.5, 0.6) is 0 Å². The Labute approximate surface area is 125 Å². The molecule has 0 aromatic heterocycles. The number of amides is 2. The highest BCUT2D eigenvalue weighted by atomic mass is 19.4. The SMILES string of the molecule is CC(=O)Nc1ccc(C(=O)N2CC(OCC(F)(F)F)C2)cc1. The highest BCUT2D eigenvalue weighted by molar-refractivity contribution is 5.96. The molecule has 0 atom stereocenters. The van der Waals surface area contributed by atoms with E-state index in [1.165, 1.54) is 11.8 Å². The second-order valence-electron chi connectivity index (χ2n) is 5.02. The fraction of sp³-hybridized carbons (Fsp3) is 0.429. The molecule has 0 unspecified atom stereocenters. The number of carbonyl (C=O) groups is 2. The van der Waals surface area contributed by atoms with Crippen LogP contribution >= 0.6 is 0 Å². The first-order chi connectivity index (χ1) is 10.2. The molecule has 0 bridgehead atoms. The Kier molecular flexibility index (Phi) is 4.70. The molecule has 1 heterocycles. The van der Waals surface area contributed by atoms with E-state index in [0.29, 0.717) is 11.3 Å². The maximum atomic E-state index is 12.1. The van der Waals surface area contributed by atoms with Gasteiger partial charge >= 0.3 is 6.18 Å². The summed E-state index contributed by atoms with van der Waals surface area (Å²) in [5.74, 6) is -0.493. The lowest BCUT2D eigenvalue weighted by molar-refractivity contribution is -0.196. The summed E-state index contributed by atoms with van der Waals surface area (Å²) < 4.78 is 40.6. The van der Waals surface area contributed by atoms with E-state index in [4.69, 9.17) is 0 Å². The van der Waals surface area contributed by atoms with Gasteiger partial charge in [0, 0.05) is 31.3 Å². The lowest BCUT2D eigenvalue weighted by atomic mass is 10.1. The Morgan fingerprint density at radius 3 is 2.36 bits per heavy atom. The quantitative estimate of drug-likeness (QED) is 0.925. The van der Waals surface area contributed by atoms with Crippen molar-refractivity contribution in [2.75, 3.05) is 25.0 Å². The number of carbonyl (C=O) groups excluding carboxylic acids is 2. The minimum Gasteiger partial charge on any atom is -0.365 e. The molecule has 1 aliphatic rings. The third kappa shape index (κ3) is 4.45. The number of rotatable bonds is 4. The van der Waals surface area contributed by atoms with Crippen LogP contribution in [0.1, 0.15) is 17.3 Å². The van der Waals surface area contributed by atoms with Crippen LogP contribution in [0.15, 0.2) is 24.3 Å². The number of nitrogens with zero attached hydrogens (tertiary/aromatic N) is 1. The summed E-state index contributed by atoms with van der Waals surface area (Å²) >= 11 is 0. The Morgan fingerprint density at radius 2 is 1.86 bits per heavy atom. The summed E-state index contributed by atoms with van der Waals surface area (Å²) in [6, 6.07) is 6.28. The molecule has 1 N–H and O–H groups in total. The first-order valence-corrected chi connectivity index (χ1v) is 6.60. The topological polar surface area (TPSA) is 58.6 Å². The fourth-order valence-electron chi connectivity index (χ4n) is 2.00.